The predicted molar refractivity (Wildman–Crippen MR) is 64.6 cm³/mol. The van der Waals surface area contributed by atoms with Gasteiger partial charge in [-0.3, -0.25) is 14.2 Å². The Morgan fingerprint density at radius 1 is 1.41 bits per heavy atom. The van der Waals surface area contributed by atoms with E-state index in [1.54, 1.807) is 6.92 Å². The fourth-order valence-electron chi connectivity index (χ4n) is 2.67. The van der Waals surface area contributed by atoms with E-state index in [0.29, 0.717) is 5.56 Å². The summed E-state index contributed by atoms with van der Waals surface area (Å²) in [6.45, 7) is 3.07. The molecular weight excluding hydrogens is 218 g/mol. The molecule has 1 fully saturated rings. The van der Waals surface area contributed by atoms with E-state index in [0.717, 1.165) is 25.7 Å². The van der Waals surface area contributed by atoms with E-state index in [-0.39, 0.29) is 28.8 Å². The number of hydrogen-bond donors (Lipinski definition) is 1. The van der Waals surface area contributed by atoms with Crippen molar-refractivity contribution in [1.29, 1.82) is 0 Å². The number of pyridine rings is 1. The van der Waals surface area contributed by atoms with Crippen molar-refractivity contribution in [3.63, 3.8) is 0 Å². The molecule has 1 heterocycles. The molecule has 0 radical (unpaired) electrons. The third-order valence-electron chi connectivity index (χ3n) is 3.46. The normalized spacial score (nSPS) is 16.4. The Balaban J connectivity index is 2.62. The Labute approximate surface area is 99.9 Å². The number of ketones is 1. The van der Waals surface area contributed by atoms with Crippen molar-refractivity contribution in [2.75, 3.05) is 0 Å². The van der Waals surface area contributed by atoms with Crippen LogP contribution in [0.25, 0.3) is 0 Å². The topological polar surface area (TPSA) is 59.3 Å². The number of nitrogens with zero attached hydrogens (tertiary/aromatic N) is 1. The molecule has 1 aliphatic rings. The number of carbonyl (C=O) groups excluding carboxylic acids is 1. The lowest BCUT2D eigenvalue weighted by Crippen LogP contribution is -2.29. The van der Waals surface area contributed by atoms with Crippen molar-refractivity contribution in [1.82, 2.24) is 4.57 Å². The van der Waals surface area contributed by atoms with Gasteiger partial charge in [0.1, 0.15) is 0 Å². The fraction of sp³-hybridized carbons (Fsp3) is 0.538. The summed E-state index contributed by atoms with van der Waals surface area (Å²) < 4.78 is 1.39. The van der Waals surface area contributed by atoms with E-state index in [9.17, 15) is 14.7 Å². The molecule has 17 heavy (non-hydrogen) atoms. The van der Waals surface area contributed by atoms with Crippen LogP contribution < -0.4 is 5.56 Å². The molecule has 0 unspecified atom stereocenters. The summed E-state index contributed by atoms with van der Waals surface area (Å²) in [6, 6.07) is 1.55. The largest absolute Gasteiger partial charge is 0.494 e. The standard InChI is InChI=1S/C13H17NO3/c1-8-7-11(16)14(10-5-3-4-6-10)13(17)12(8)9(2)15/h7,10,16H,3-6H2,1-2H3. The zero-order chi connectivity index (χ0) is 12.6. The number of aromatic nitrogens is 1. The quantitative estimate of drug-likeness (QED) is 0.799. The number of aryl methyl sites for hydroxylation is 1. The maximum Gasteiger partial charge on any atom is 0.264 e. The number of rotatable bonds is 2. The van der Waals surface area contributed by atoms with Gasteiger partial charge in [-0.15, -0.1) is 0 Å². The Kier molecular flexibility index (Phi) is 3.05. The molecule has 4 heteroatoms. The van der Waals surface area contributed by atoms with Crippen LogP contribution in [0.3, 0.4) is 0 Å². The van der Waals surface area contributed by atoms with Crippen molar-refractivity contribution in [2.24, 2.45) is 0 Å². The first-order valence-corrected chi connectivity index (χ1v) is 5.98. The molecule has 4 nitrogen and oxygen atoms in total. The smallest absolute Gasteiger partial charge is 0.264 e. The van der Waals surface area contributed by atoms with Crippen molar-refractivity contribution < 1.29 is 9.90 Å². The lowest BCUT2D eigenvalue weighted by atomic mass is 10.1. The van der Waals surface area contributed by atoms with Crippen molar-refractivity contribution in [3.8, 4) is 5.88 Å². The summed E-state index contributed by atoms with van der Waals surface area (Å²) in [5.74, 6) is -0.261. The molecule has 1 aromatic rings. The monoisotopic (exact) mass is 235 g/mol. The molecular formula is C13H17NO3. The molecule has 1 aromatic heterocycles. The zero-order valence-corrected chi connectivity index (χ0v) is 10.2. The summed E-state index contributed by atoms with van der Waals surface area (Å²) in [4.78, 5) is 23.7. The first-order chi connectivity index (χ1) is 8.02. The lowest BCUT2D eigenvalue weighted by Gasteiger charge is -2.17. The molecule has 92 valence electrons. The Bertz CT molecular complexity index is 510. The molecule has 2 rings (SSSR count). The first-order valence-electron chi connectivity index (χ1n) is 5.98. The Morgan fingerprint density at radius 2 is 2.00 bits per heavy atom. The van der Waals surface area contributed by atoms with E-state index in [2.05, 4.69) is 0 Å². The molecule has 1 saturated carbocycles. The third kappa shape index (κ3) is 1.99. The molecule has 0 saturated heterocycles. The number of Topliss-reactive ketones (excluding diaryl/α,β-unsaturated/α-hetero) is 1. The number of aromatic hydroxyl groups is 1. The van der Waals surface area contributed by atoms with Gasteiger partial charge < -0.3 is 5.11 Å². The summed E-state index contributed by atoms with van der Waals surface area (Å²) in [5, 5.41) is 9.89. The van der Waals surface area contributed by atoms with Crippen LogP contribution in [0.1, 0.15) is 54.6 Å². The minimum absolute atomic E-state index is 0.0237. The lowest BCUT2D eigenvalue weighted by molar-refractivity contribution is 0.101. The summed E-state index contributed by atoms with van der Waals surface area (Å²) in [6.07, 6.45) is 3.93. The number of carbonyl (C=O) groups is 1. The van der Waals surface area contributed by atoms with Gasteiger partial charge in [0.15, 0.2) is 11.7 Å². The second-order valence-electron chi connectivity index (χ2n) is 4.73. The number of hydrogen-bond acceptors (Lipinski definition) is 3. The maximum absolute atomic E-state index is 12.2. The van der Waals surface area contributed by atoms with Gasteiger partial charge in [-0.2, -0.15) is 0 Å². The van der Waals surface area contributed by atoms with Gasteiger partial charge in [-0.25, -0.2) is 0 Å². The second-order valence-corrected chi connectivity index (χ2v) is 4.73. The highest BCUT2D eigenvalue weighted by atomic mass is 16.3. The molecule has 1 N–H and O–H groups in total. The molecule has 0 spiro atoms. The molecule has 0 aliphatic heterocycles. The van der Waals surface area contributed by atoms with Crippen LogP contribution in [-0.2, 0) is 0 Å². The third-order valence-corrected chi connectivity index (χ3v) is 3.46. The van der Waals surface area contributed by atoms with Gasteiger partial charge in [-0.1, -0.05) is 12.8 Å². The SMILES string of the molecule is CC(=O)c1c(C)cc(O)n(C2CCCC2)c1=O. The van der Waals surface area contributed by atoms with E-state index in [4.69, 9.17) is 0 Å². The van der Waals surface area contributed by atoms with Crippen LogP contribution in [-0.4, -0.2) is 15.5 Å². The van der Waals surface area contributed by atoms with Gasteiger partial charge >= 0.3 is 0 Å². The fourth-order valence-corrected chi connectivity index (χ4v) is 2.67. The Morgan fingerprint density at radius 3 is 2.53 bits per heavy atom. The molecule has 0 atom stereocenters. The van der Waals surface area contributed by atoms with Crippen LogP contribution in [0.15, 0.2) is 10.9 Å². The van der Waals surface area contributed by atoms with Crippen LogP contribution >= 0.6 is 0 Å². The van der Waals surface area contributed by atoms with Gasteiger partial charge in [0.25, 0.3) is 5.56 Å². The van der Waals surface area contributed by atoms with Crippen LogP contribution in [0.2, 0.25) is 0 Å². The zero-order valence-electron chi connectivity index (χ0n) is 10.2. The summed E-state index contributed by atoms with van der Waals surface area (Å²) >= 11 is 0. The highest BCUT2D eigenvalue weighted by Crippen LogP contribution is 2.31. The molecule has 1 aliphatic carbocycles. The average Bonchev–Trinajstić information content (AvgIpc) is 2.69. The van der Waals surface area contributed by atoms with Crippen molar-refractivity contribution >= 4 is 5.78 Å². The van der Waals surface area contributed by atoms with Crippen LogP contribution in [0.5, 0.6) is 5.88 Å². The minimum atomic E-state index is -0.345. The van der Waals surface area contributed by atoms with Gasteiger partial charge in [0, 0.05) is 12.1 Å². The van der Waals surface area contributed by atoms with E-state index < -0.39 is 0 Å². The van der Waals surface area contributed by atoms with E-state index in [1.165, 1.54) is 17.6 Å². The summed E-state index contributed by atoms with van der Waals surface area (Å²) in [7, 11) is 0. The molecule has 0 amide bonds. The highest BCUT2D eigenvalue weighted by molar-refractivity contribution is 5.95. The van der Waals surface area contributed by atoms with Crippen LogP contribution in [0, 0.1) is 6.92 Å². The highest BCUT2D eigenvalue weighted by Gasteiger charge is 2.23. The summed E-state index contributed by atoms with van der Waals surface area (Å²) in [5.41, 5.74) is 0.408. The van der Waals surface area contributed by atoms with Gasteiger partial charge in [0.05, 0.1) is 5.56 Å². The van der Waals surface area contributed by atoms with Crippen molar-refractivity contribution in [3.05, 3.63) is 27.5 Å². The van der Waals surface area contributed by atoms with Crippen molar-refractivity contribution in [2.45, 2.75) is 45.6 Å². The Hall–Kier alpha value is -1.58. The van der Waals surface area contributed by atoms with Crippen LogP contribution in [0.4, 0.5) is 0 Å². The molecule has 0 bridgehead atoms. The van der Waals surface area contributed by atoms with E-state index >= 15 is 0 Å². The second kappa shape index (κ2) is 4.35. The minimum Gasteiger partial charge on any atom is -0.494 e. The van der Waals surface area contributed by atoms with Gasteiger partial charge in [-0.05, 0) is 32.3 Å². The van der Waals surface area contributed by atoms with Gasteiger partial charge in [0.2, 0.25) is 0 Å². The maximum atomic E-state index is 12.2. The van der Waals surface area contributed by atoms with E-state index in [1.807, 2.05) is 0 Å². The predicted octanol–water partition coefficient (Wildman–Crippen LogP) is 2.18. The average molecular weight is 235 g/mol. The molecule has 0 aromatic carbocycles. The first kappa shape index (κ1) is 11.9.